The Bertz CT molecular complexity index is 201. The van der Waals surface area contributed by atoms with E-state index >= 15 is 0 Å². The van der Waals surface area contributed by atoms with Crippen LogP contribution in [0.1, 0.15) is 12.8 Å². The molecule has 0 aromatic carbocycles. The lowest BCUT2D eigenvalue weighted by Crippen LogP contribution is -2.46. The SMILES string of the molecule is O=C(CCO)C(CO)(CO)C(=O)CCO. The van der Waals surface area contributed by atoms with E-state index in [4.69, 9.17) is 20.4 Å². The molecule has 0 aliphatic rings. The lowest BCUT2D eigenvalue weighted by Gasteiger charge is -2.26. The van der Waals surface area contributed by atoms with Gasteiger partial charge in [-0.25, -0.2) is 0 Å². The molecule has 0 bridgehead atoms. The van der Waals surface area contributed by atoms with Crippen molar-refractivity contribution in [3.05, 3.63) is 0 Å². The highest BCUT2D eigenvalue weighted by atomic mass is 16.3. The summed E-state index contributed by atoms with van der Waals surface area (Å²) < 4.78 is 0. The van der Waals surface area contributed by atoms with Gasteiger partial charge >= 0.3 is 0 Å². The molecule has 0 atom stereocenters. The van der Waals surface area contributed by atoms with Crippen LogP contribution in [-0.2, 0) is 9.59 Å². The van der Waals surface area contributed by atoms with Crippen LogP contribution in [-0.4, -0.2) is 58.4 Å². The molecular formula is C9H16O6. The minimum atomic E-state index is -1.88. The maximum absolute atomic E-state index is 11.5. The van der Waals surface area contributed by atoms with Gasteiger partial charge in [0.1, 0.15) is 5.41 Å². The molecule has 15 heavy (non-hydrogen) atoms. The smallest absolute Gasteiger partial charge is 0.153 e. The van der Waals surface area contributed by atoms with Crippen molar-refractivity contribution in [2.75, 3.05) is 26.4 Å². The van der Waals surface area contributed by atoms with Crippen LogP contribution in [0.4, 0.5) is 0 Å². The van der Waals surface area contributed by atoms with Crippen LogP contribution in [0.2, 0.25) is 0 Å². The molecule has 4 N–H and O–H groups in total. The fourth-order valence-corrected chi connectivity index (χ4v) is 1.24. The summed E-state index contributed by atoms with van der Waals surface area (Å²) in [5.41, 5.74) is -1.88. The van der Waals surface area contributed by atoms with Crippen molar-refractivity contribution in [3.63, 3.8) is 0 Å². The lowest BCUT2D eigenvalue weighted by molar-refractivity contribution is -0.147. The Kier molecular flexibility index (Phi) is 6.26. The number of aliphatic hydroxyl groups excluding tert-OH is 4. The molecular weight excluding hydrogens is 204 g/mol. The third-order valence-corrected chi connectivity index (χ3v) is 2.29. The molecule has 0 radical (unpaired) electrons. The second kappa shape index (κ2) is 6.62. The van der Waals surface area contributed by atoms with Crippen LogP contribution < -0.4 is 0 Å². The number of carbonyl (C=O) groups is 2. The molecule has 0 heterocycles. The van der Waals surface area contributed by atoms with E-state index in [1.807, 2.05) is 0 Å². The third-order valence-electron chi connectivity index (χ3n) is 2.29. The molecule has 0 aliphatic heterocycles. The minimum absolute atomic E-state index is 0.307. The molecule has 0 amide bonds. The highest BCUT2D eigenvalue weighted by molar-refractivity contribution is 6.07. The normalized spacial score (nSPS) is 11.5. The third kappa shape index (κ3) is 3.07. The van der Waals surface area contributed by atoms with Crippen LogP contribution in [0.15, 0.2) is 0 Å². The second-order valence-corrected chi connectivity index (χ2v) is 3.19. The highest BCUT2D eigenvalue weighted by Crippen LogP contribution is 2.22. The van der Waals surface area contributed by atoms with E-state index in [0.717, 1.165) is 0 Å². The van der Waals surface area contributed by atoms with Gasteiger partial charge in [0.25, 0.3) is 0 Å². The Morgan fingerprint density at radius 3 is 1.33 bits per heavy atom. The Morgan fingerprint density at radius 1 is 0.800 bits per heavy atom. The van der Waals surface area contributed by atoms with Crippen molar-refractivity contribution >= 4 is 11.6 Å². The van der Waals surface area contributed by atoms with Crippen molar-refractivity contribution in [3.8, 4) is 0 Å². The van der Waals surface area contributed by atoms with Crippen LogP contribution >= 0.6 is 0 Å². The Balaban J connectivity index is 4.86. The van der Waals surface area contributed by atoms with Gasteiger partial charge < -0.3 is 20.4 Å². The zero-order valence-electron chi connectivity index (χ0n) is 8.35. The number of rotatable bonds is 8. The first-order chi connectivity index (χ1) is 7.08. The largest absolute Gasteiger partial charge is 0.396 e. The van der Waals surface area contributed by atoms with Gasteiger partial charge in [0.15, 0.2) is 11.6 Å². The summed E-state index contributed by atoms with van der Waals surface area (Å²) in [5, 5.41) is 35.1. The van der Waals surface area contributed by atoms with Crippen molar-refractivity contribution in [1.82, 2.24) is 0 Å². The van der Waals surface area contributed by atoms with Gasteiger partial charge in [-0.3, -0.25) is 9.59 Å². The number of hydrogen-bond acceptors (Lipinski definition) is 6. The topological polar surface area (TPSA) is 115 Å². The number of Topliss-reactive ketones (excluding diaryl/α,β-unsaturated/α-hetero) is 2. The van der Waals surface area contributed by atoms with Gasteiger partial charge in [-0.15, -0.1) is 0 Å². The van der Waals surface area contributed by atoms with Gasteiger partial charge in [0, 0.05) is 26.1 Å². The van der Waals surface area contributed by atoms with E-state index < -0.39 is 43.4 Å². The summed E-state index contributed by atoms with van der Waals surface area (Å²) in [4.78, 5) is 22.9. The van der Waals surface area contributed by atoms with Crippen LogP contribution in [0.25, 0.3) is 0 Å². The molecule has 0 fully saturated rings. The van der Waals surface area contributed by atoms with Gasteiger partial charge in [-0.2, -0.15) is 0 Å². The molecule has 0 saturated heterocycles. The van der Waals surface area contributed by atoms with Crippen LogP contribution in [0, 0.1) is 5.41 Å². The van der Waals surface area contributed by atoms with Gasteiger partial charge in [-0.1, -0.05) is 0 Å². The predicted molar refractivity (Wildman–Crippen MR) is 50.0 cm³/mol. The van der Waals surface area contributed by atoms with Gasteiger partial charge in [0.05, 0.1) is 13.2 Å². The molecule has 0 saturated carbocycles. The average molecular weight is 220 g/mol. The van der Waals surface area contributed by atoms with Crippen molar-refractivity contribution in [2.24, 2.45) is 5.41 Å². The zero-order valence-corrected chi connectivity index (χ0v) is 8.35. The first kappa shape index (κ1) is 14.2. The van der Waals surface area contributed by atoms with Crippen molar-refractivity contribution in [2.45, 2.75) is 12.8 Å². The van der Waals surface area contributed by atoms with E-state index in [1.165, 1.54) is 0 Å². The fraction of sp³-hybridized carbons (Fsp3) is 0.778. The maximum atomic E-state index is 11.5. The summed E-state index contributed by atoms with van der Waals surface area (Å²) in [7, 11) is 0. The summed E-state index contributed by atoms with van der Waals surface area (Å²) in [6.45, 7) is -2.54. The van der Waals surface area contributed by atoms with Crippen LogP contribution in [0.5, 0.6) is 0 Å². The first-order valence-electron chi connectivity index (χ1n) is 4.59. The zero-order chi connectivity index (χ0) is 11.9. The van der Waals surface area contributed by atoms with Crippen molar-refractivity contribution in [1.29, 1.82) is 0 Å². The number of hydrogen-bond donors (Lipinski definition) is 4. The van der Waals surface area contributed by atoms with Gasteiger partial charge in [-0.05, 0) is 0 Å². The molecule has 0 aromatic heterocycles. The second-order valence-electron chi connectivity index (χ2n) is 3.19. The highest BCUT2D eigenvalue weighted by Gasteiger charge is 2.43. The molecule has 0 spiro atoms. The number of ketones is 2. The quantitative estimate of drug-likeness (QED) is 0.347. The molecule has 6 nitrogen and oxygen atoms in total. The van der Waals surface area contributed by atoms with Crippen molar-refractivity contribution < 1.29 is 30.0 Å². The van der Waals surface area contributed by atoms with E-state index in [-0.39, 0.29) is 12.8 Å². The fourth-order valence-electron chi connectivity index (χ4n) is 1.24. The summed E-state index contributed by atoms with van der Waals surface area (Å²) in [5.74, 6) is -1.43. The Hall–Kier alpha value is -0.820. The molecule has 0 rings (SSSR count). The van der Waals surface area contributed by atoms with E-state index in [0.29, 0.717) is 0 Å². The van der Waals surface area contributed by atoms with E-state index in [9.17, 15) is 9.59 Å². The molecule has 0 unspecified atom stereocenters. The lowest BCUT2D eigenvalue weighted by atomic mass is 9.78. The standard InChI is InChI=1S/C9H16O6/c10-3-1-7(14)9(5-12,6-13)8(15)2-4-11/h10-13H,1-6H2. The summed E-state index contributed by atoms with van der Waals surface area (Å²) in [6.07, 6.45) is -0.615. The minimum Gasteiger partial charge on any atom is -0.396 e. The predicted octanol–water partition coefficient (Wildman–Crippen LogP) is -2.14. The number of aliphatic hydroxyl groups is 4. The van der Waals surface area contributed by atoms with Crippen LogP contribution in [0.3, 0.4) is 0 Å². The molecule has 88 valence electrons. The molecule has 0 aliphatic carbocycles. The summed E-state index contributed by atoms with van der Waals surface area (Å²) >= 11 is 0. The Morgan fingerprint density at radius 2 is 1.13 bits per heavy atom. The van der Waals surface area contributed by atoms with E-state index in [1.54, 1.807) is 0 Å². The average Bonchev–Trinajstić information content (AvgIpc) is 2.21. The van der Waals surface area contributed by atoms with Gasteiger partial charge in [0.2, 0.25) is 0 Å². The monoisotopic (exact) mass is 220 g/mol. The maximum Gasteiger partial charge on any atom is 0.153 e. The number of carbonyl (C=O) groups excluding carboxylic acids is 2. The molecule has 0 aromatic rings. The first-order valence-corrected chi connectivity index (χ1v) is 4.59. The summed E-state index contributed by atoms with van der Waals surface area (Å²) in [6, 6.07) is 0. The molecule has 6 heteroatoms. The van der Waals surface area contributed by atoms with E-state index in [2.05, 4.69) is 0 Å². The Labute approximate surface area is 87.2 Å².